The molecule has 0 aliphatic rings. The van der Waals surface area contributed by atoms with E-state index < -0.39 is 0 Å². The van der Waals surface area contributed by atoms with Crippen molar-refractivity contribution in [3.05, 3.63) is 63.9 Å². The van der Waals surface area contributed by atoms with Gasteiger partial charge < -0.3 is 9.30 Å². The van der Waals surface area contributed by atoms with Gasteiger partial charge in [-0.1, -0.05) is 43.5 Å². The summed E-state index contributed by atoms with van der Waals surface area (Å²) in [5.74, 6) is 0.573. The van der Waals surface area contributed by atoms with Crippen LogP contribution in [-0.2, 0) is 17.7 Å². The summed E-state index contributed by atoms with van der Waals surface area (Å²) in [4.78, 5) is 16.7. The Morgan fingerprint density at radius 3 is 2.68 bits per heavy atom. The summed E-state index contributed by atoms with van der Waals surface area (Å²) in [5, 5.41) is 0.775. The Hall–Kier alpha value is -2.33. The van der Waals surface area contributed by atoms with Crippen LogP contribution in [0.4, 0.5) is 0 Å². The van der Waals surface area contributed by atoms with E-state index in [1.807, 2.05) is 19.1 Å². The van der Waals surface area contributed by atoms with Gasteiger partial charge in [0.25, 0.3) is 0 Å². The van der Waals surface area contributed by atoms with Crippen molar-refractivity contribution in [3.63, 3.8) is 0 Å². The molecule has 3 rings (SSSR count). The first kappa shape index (κ1) is 20.4. The molecule has 0 aliphatic heterocycles. The minimum absolute atomic E-state index is 0.315. The summed E-state index contributed by atoms with van der Waals surface area (Å²) in [5.41, 5.74) is 4.63. The average molecular weight is 399 g/mol. The Bertz CT molecular complexity index is 978. The Balaban J connectivity index is 1.88. The molecule has 3 aromatic rings. The van der Waals surface area contributed by atoms with Crippen LogP contribution >= 0.6 is 11.6 Å². The average Bonchev–Trinajstić information content (AvgIpc) is 2.98. The molecule has 0 saturated heterocycles. The molecule has 4 nitrogen and oxygen atoms in total. The molecule has 0 fully saturated rings. The number of carbonyl (C=O) groups is 1. The third kappa shape index (κ3) is 4.56. The maximum Gasteiger partial charge on any atom is 0.338 e. The van der Waals surface area contributed by atoms with Crippen LogP contribution in [0, 0.1) is 6.92 Å². The normalized spacial score (nSPS) is 11.1. The summed E-state index contributed by atoms with van der Waals surface area (Å²) < 4.78 is 7.22. The van der Waals surface area contributed by atoms with Crippen molar-refractivity contribution in [2.24, 2.45) is 0 Å². The zero-order valence-electron chi connectivity index (χ0n) is 16.8. The smallest absolute Gasteiger partial charge is 0.338 e. The molecule has 2 aromatic carbocycles. The summed E-state index contributed by atoms with van der Waals surface area (Å²) in [6.07, 6.45) is 4.70. The highest BCUT2D eigenvalue weighted by molar-refractivity contribution is 6.31. The number of fused-ring (bicyclic) bond motifs is 1. The van der Waals surface area contributed by atoms with E-state index in [9.17, 15) is 4.79 Å². The van der Waals surface area contributed by atoms with E-state index in [1.165, 1.54) is 24.8 Å². The van der Waals surface area contributed by atoms with Crippen LogP contribution < -0.4 is 0 Å². The lowest BCUT2D eigenvalue weighted by atomic mass is 10.1. The Morgan fingerprint density at radius 1 is 1.14 bits per heavy atom. The number of halogens is 1. The number of nitrogens with zero attached hydrogens (tertiary/aromatic N) is 2. The third-order valence-corrected chi connectivity index (χ3v) is 5.32. The molecule has 0 radical (unpaired) electrons. The van der Waals surface area contributed by atoms with Gasteiger partial charge in [0.1, 0.15) is 5.82 Å². The van der Waals surface area contributed by atoms with Crippen LogP contribution in [0.5, 0.6) is 0 Å². The standard InChI is InChI=1S/C23H27ClN2O2/c1-4-6-7-8-17-9-10-19(20(24)13-17)15-26-16(3)25-21-12-11-18(14-22(21)26)23(27)28-5-2/h9-14H,4-8,15H2,1-3H3. The fraction of sp³-hybridized carbons (Fsp3) is 0.391. The minimum atomic E-state index is -0.315. The van der Waals surface area contributed by atoms with E-state index in [0.717, 1.165) is 33.9 Å². The van der Waals surface area contributed by atoms with Crippen molar-refractivity contribution in [2.75, 3.05) is 6.61 Å². The third-order valence-electron chi connectivity index (χ3n) is 4.97. The minimum Gasteiger partial charge on any atom is -0.462 e. The predicted octanol–water partition coefficient (Wildman–Crippen LogP) is 5.96. The number of hydrogen-bond acceptors (Lipinski definition) is 3. The number of esters is 1. The summed E-state index contributed by atoms with van der Waals surface area (Å²) in [6.45, 7) is 6.95. The van der Waals surface area contributed by atoms with Crippen LogP contribution in [0.2, 0.25) is 5.02 Å². The molecule has 28 heavy (non-hydrogen) atoms. The van der Waals surface area contributed by atoms with E-state index in [2.05, 4.69) is 34.7 Å². The van der Waals surface area contributed by atoms with E-state index >= 15 is 0 Å². The topological polar surface area (TPSA) is 44.1 Å². The lowest BCUT2D eigenvalue weighted by molar-refractivity contribution is 0.0526. The van der Waals surface area contributed by atoms with Crippen molar-refractivity contribution in [1.29, 1.82) is 0 Å². The SMILES string of the molecule is CCCCCc1ccc(Cn2c(C)nc3ccc(C(=O)OCC)cc32)c(Cl)c1. The number of imidazole rings is 1. The van der Waals surface area contributed by atoms with Crippen molar-refractivity contribution >= 4 is 28.6 Å². The van der Waals surface area contributed by atoms with Crippen molar-refractivity contribution in [2.45, 2.75) is 53.0 Å². The lowest BCUT2D eigenvalue weighted by Gasteiger charge is -2.11. The number of unbranched alkanes of at least 4 members (excludes halogenated alkanes) is 2. The van der Waals surface area contributed by atoms with Gasteiger partial charge in [-0.3, -0.25) is 0 Å². The van der Waals surface area contributed by atoms with Gasteiger partial charge in [-0.05, 0) is 62.1 Å². The van der Waals surface area contributed by atoms with E-state index in [1.54, 1.807) is 13.0 Å². The molecule has 1 aromatic heterocycles. The molecule has 0 bridgehead atoms. The zero-order chi connectivity index (χ0) is 20.1. The number of carbonyl (C=O) groups excluding carboxylic acids is 1. The summed E-state index contributed by atoms with van der Waals surface area (Å²) in [7, 11) is 0. The quantitative estimate of drug-likeness (QED) is 0.347. The monoisotopic (exact) mass is 398 g/mol. The number of hydrogen-bond donors (Lipinski definition) is 0. The highest BCUT2D eigenvalue weighted by Gasteiger charge is 2.14. The van der Waals surface area contributed by atoms with Crippen molar-refractivity contribution < 1.29 is 9.53 Å². The Morgan fingerprint density at radius 2 is 1.96 bits per heavy atom. The lowest BCUT2D eigenvalue weighted by Crippen LogP contribution is -2.06. The van der Waals surface area contributed by atoms with Crippen LogP contribution in [-0.4, -0.2) is 22.1 Å². The molecule has 0 aliphatic carbocycles. The van der Waals surface area contributed by atoms with E-state index in [4.69, 9.17) is 16.3 Å². The predicted molar refractivity (Wildman–Crippen MR) is 114 cm³/mol. The van der Waals surface area contributed by atoms with Crippen molar-refractivity contribution in [1.82, 2.24) is 9.55 Å². The molecule has 0 N–H and O–H groups in total. The fourth-order valence-electron chi connectivity index (χ4n) is 3.41. The van der Waals surface area contributed by atoms with Gasteiger partial charge in [0.15, 0.2) is 0 Å². The fourth-order valence-corrected chi connectivity index (χ4v) is 3.67. The van der Waals surface area contributed by atoms with Crippen molar-refractivity contribution in [3.8, 4) is 0 Å². The first-order chi connectivity index (χ1) is 13.5. The summed E-state index contributed by atoms with van der Waals surface area (Å²) >= 11 is 6.58. The Kier molecular flexibility index (Phi) is 6.74. The van der Waals surface area contributed by atoms with Gasteiger partial charge in [-0.25, -0.2) is 9.78 Å². The number of benzene rings is 2. The second-order valence-electron chi connectivity index (χ2n) is 7.05. The van der Waals surface area contributed by atoms with Crippen LogP contribution in [0.25, 0.3) is 11.0 Å². The molecule has 0 saturated carbocycles. The number of aryl methyl sites for hydroxylation is 2. The molecule has 148 valence electrons. The number of aromatic nitrogens is 2. The van der Waals surface area contributed by atoms with E-state index in [0.29, 0.717) is 18.7 Å². The Labute approximate surface area is 171 Å². The van der Waals surface area contributed by atoms with Crippen LogP contribution in [0.1, 0.15) is 60.4 Å². The second kappa shape index (κ2) is 9.24. The maximum atomic E-state index is 12.1. The second-order valence-corrected chi connectivity index (χ2v) is 7.46. The molecule has 0 spiro atoms. The van der Waals surface area contributed by atoms with Gasteiger partial charge in [0, 0.05) is 5.02 Å². The molecule has 1 heterocycles. The van der Waals surface area contributed by atoms with Gasteiger partial charge in [-0.15, -0.1) is 0 Å². The first-order valence-electron chi connectivity index (χ1n) is 9.94. The number of rotatable bonds is 8. The summed E-state index contributed by atoms with van der Waals surface area (Å²) in [6, 6.07) is 11.8. The zero-order valence-corrected chi connectivity index (χ0v) is 17.6. The highest BCUT2D eigenvalue weighted by Crippen LogP contribution is 2.24. The highest BCUT2D eigenvalue weighted by atomic mass is 35.5. The first-order valence-corrected chi connectivity index (χ1v) is 10.3. The van der Waals surface area contributed by atoms with Gasteiger partial charge in [-0.2, -0.15) is 0 Å². The molecular formula is C23H27ClN2O2. The van der Waals surface area contributed by atoms with E-state index in [-0.39, 0.29) is 5.97 Å². The molecule has 0 amide bonds. The molecular weight excluding hydrogens is 372 g/mol. The maximum absolute atomic E-state index is 12.1. The van der Waals surface area contributed by atoms with Crippen LogP contribution in [0.3, 0.4) is 0 Å². The largest absolute Gasteiger partial charge is 0.462 e. The van der Waals surface area contributed by atoms with Crippen LogP contribution in [0.15, 0.2) is 36.4 Å². The molecule has 0 unspecified atom stereocenters. The molecule has 5 heteroatoms. The number of ether oxygens (including phenoxy) is 1. The van der Waals surface area contributed by atoms with Gasteiger partial charge in [0.05, 0.1) is 29.7 Å². The van der Waals surface area contributed by atoms with Gasteiger partial charge in [0.2, 0.25) is 0 Å². The molecule has 0 atom stereocenters. The van der Waals surface area contributed by atoms with Gasteiger partial charge >= 0.3 is 5.97 Å².